The lowest BCUT2D eigenvalue weighted by atomic mass is 9.98. The summed E-state index contributed by atoms with van der Waals surface area (Å²) in [5, 5.41) is -0.560. The van der Waals surface area contributed by atoms with Gasteiger partial charge in [-0.1, -0.05) is 139 Å². The van der Waals surface area contributed by atoms with Crippen LogP contribution in [0.3, 0.4) is 0 Å². The molecule has 11 rings (SSSR count). The lowest BCUT2D eigenvalue weighted by molar-refractivity contribution is 0.668. The molecule has 0 radical (unpaired) electrons. The zero-order valence-corrected chi connectivity index (χ0v) is 27.8. The van der Waals surface area contributed by atoms with Gasteiger partial charge in [0, 0.05) is 44.2 Å². The van der Waals surface area contributed by atoms with Crippen molar-refractivity contribution < 1.29 is 44.5 Å². The number of fused-ring (bicyclic) bond motifs is 8. The van der Waals surface area contributed by atoms with Crippen LogP contribution < -0.4 is 4.90 Å². The van der Waals surface area contributed by atoms with Crippen LogP contribution in [0.25, 0.3) is 88.0 Å². The fraction of sp³-hybridized carbons (Fsp3) is 0. The van der Waals surface area contributed by atoms with Gasteiger partial charge in [-0.3, -0.25) is 0 Å². The maximum Gasteiger partial charge on any atom is 0.143 e. The van der Waals surface area contributed by atoms with E-state index in [-0.39, 0.29) is 27.5 Å². The number of furan rings is 2. The van der Waals surface area contributed by atoms with E-state index in [0.717, 1.165) is 0 Å². The molecule has 0 aliphatic carbocycles. The average molecular weight is 730 g/mol. The standard InChI is InChI=1S/C52H33NO2/c1-3-10-34(11-4-1)36-18-24-40(25-19-36)53(41-26-20-37(21-27-41)35-12-5-2-6-13-35)42-28-29-43-38(32-42)23-31-50-51(43)47-33-39(22-30-49(47)54-50)44-15-9-16-46-45-14-7-8-17-48(45)55-52(44)46/h1-33H/i1D,2D,3D,4D,5D,6D,10D,11D,12D,13D,18D,19D,20D,21D,22D,23D,24D,25D,26D,27D,28D,29D,30D,31D,32D,33D. The lowest BCUT2D eigenvalue weighted by Gasteiger charge is -2.26. The number of anilines is 3. The van der Waals surface area contributed by atoms with E-state index >= 15 is 0 Å². The van der Waals surface area contributed by atoms with Crippen LogP contribution in [-0.2, 0) is 0 Å². The number of para-hydroxylation sites is 2. The summed E-state index contributed by atoms with van der Waals surface area (Å²) in [4.78, 5) is 0.401. The Morgan fingerprint density at radius 1 is 0.382 bits per heavy atom. The molecule has 0 aliphatic heterocycles. The molecule has 0 fully saturated rings. The van der Waals surface area contributed by atoms with Crippen molar-refractivity contribution in [2.24, 2.45) is 0 Å². The first-order chi connectivity index (χ1) is 38.1. The van der Waals surface area contributed by atoms with Crippen LogP contribution in [0.2, 0.25) is 0 Å². The molecule has 0 bridgehead atoms. The van der Waals surface area contributed by atoms with E-state index in [4.69, 9.17) is 22.5 Å². The largest absolute Gasteiger partial charge is 0.456 e. The maximum absolute atomic E-state index is 9.97. The normalized spacial score (nSPS) is 18.3. The predicted octanol–water partition coefficient (Wildman–Crippen LogP) is 15.1. The summed E-state index contributed by atoms with van der Waals surface area (Å²) in [5.74, 6) is 0. The van der Waals surface area contributed by atoms with Crippen molar-refractivity contribution in [1.29, 1.82) is 0 Å². The second-order valence-electron chi connectivity index (χ2n) is 12.0. The van der Waals surface area contributed by atoms with E-state index in [2.05, 4.69) is 0 Å². The van der Waals surface area contributed by atoms with E-state index < -0.39 is 218 Å². The van der Waals surface area contributed by atoms with Crippen LogP contribution in [0.4, 0.5) is 17.1 Å². The molecular weight excluding hydrogens is 671 g/mol. The molecule has 55 heavy (non-hydrogen) atoms. The van der Waals surface area contributed by atoms with Crippen molar-refractivity contribution in [1.82, 2.24) is 0 Å². The first-order valence-electron chi connectivity index (χ1n) is 29.6. The Morgan fingerprint density at radius 2 is 0.982 bits per heavy atom. The number of nitrogens with zero attached hydrogens (tertiary/aromatic N) is 1. The summed E-state index contributed by atoms with van der Waals surface area (Å²) >= 11 is 0. The fourth-order valence-corrected chi connectivity index (χ4v) is 6.40. The Kier molecular flexibility index (Phi) is 3.41. The van der Waals surface area contributed by atoms with Gasteiger partial charge in [0.25, 0.3) is 0 Å². The van der Waals surface area contributed by atoms with Gasteiger partial charge in [-0.05, 0) is 99.0 Å². The predicted molar refractivity (Wildman–Crippen MR) is 229 cm³/mol. The van der Waals surface area contributed by atoms with Crippen molar-refractivity contribution in [3.05, 3.63) is 200 Å². The molecule has 0 saturated heterocycles. The van der Waals surface area contributed by atoms with Crippen molar-refractivity contribution >= 4 is 71.7 Å². The lowest BCUT2D eigenvalue weighted by Crippen LogP contribution is -2.09. The zero-order valence-electron chi connectivity index (χ0n) is 53.8. The smallest absolute Gasteiger partial charge is 0.143 e. The Labute approximate surface area is 354 Å². The summed E-state index contributed by atoms with van der Waals surface area (Å²) < 4.78 is 248. The molecule has 0 N–H and O–H groups in total. The monoisotopic (exact) mass is 729 g/mol. The summed E-state index contributed by atoms with van der Waals surface area (Å²) in [6.07, 6.45) is 0. The summed E-state index contributed by atoms with van der Waals surface area (Å²) in [6.45, 7) is 0. The average Bonchev–Trinajstić information content (AvgIpc) is 4.13. The summed E-state index contributed by atoms with van der Waals surface area (Å²) in [5.41, 5.74) is -6.73. The van der Waals surface area contributed by atoms with Crippen LogP contribution >= 0.6 is 0 Å². The van der Waals surface area contributed by atoms with E-state index in [1.807, 2.05) is 0 Å². The van der Waals surface area contributed by atoms with Gasteiger partial charge in [0.1, 0.15) is 22.3 Å². The van der Waals surface area contributed by atoms with Crippen LogP contribution in [0.1, 0.15) is 35.6 Å². The minimum atomic E-state index is -1.21. The van der Waals surface area contributed by atoms with Gasteiger partial charge < -0.3 is 13.7 Å². The van der Waals surface area contributed by atoms with Crippen molar-refractivity contribution in [3.63, 3.8) is 0 Å². The highest BCUT2D eigenvalue weighted by molar-refractivity contribution is 6.20. The Hall–Kier alpha value is -7.36. The molecule has 9 aromatic carbocycles. The second kappa shape index (κ2) is 12.6. The summed E-state index contributed by atoms with van der Waals surface area (Å²) in [6, 6.07) is -13.0. The molecule has 2 aromatic heterocycles. The fourth-order valence-electron chi connectivity index (χ4n) is 6.40. The third kappa shape index (κ3) is 5.28. The van der Waals surface area contributed by atoms with Gasteiger partial charge in [0.15, 0.2) is 0 Å². The van der Waals surface area contributed by atoms with Crippen LogP contribution in [0.5, 0.6) is 0 Å². The first kappa shape index (κ1) is 14.8. The molecule has 0 unspecified atom stereocenters. The Morgan fingerprint density at radius 3 is 1.69 bits per heavy atom. The number of rotatable bonds is 6. The van der Waals surface area contributed by atoms with E-state index in [9.17, 15) is 21.9 Å². The van der Waals surface area contributed by atoms with E-state index in [1.165, 1.54) is 0 Å². The highest BCUT2D eigenvalue weighted by Crippen LogP contribution is 2.43. The van der Waals surface area contributed by atoms with Crippen molar-refractivity contribution in [2.45, 2.75) is 0 Å². The van der Waals surface area contributed by atoms with Gasteiger partial charge in [-0.25, -0.2) is 0 Å². The number of hydrogen-bond acceptors (Lipinski definition) is 3. The molecule has 11 aromatic rings. The third-order valence-electron chi connectivity index (χ3n) is 8.88. The highest BCUT2D eigenvalue weighted by Gasteiger charge is 2.18. The van der Waals surface area contributed by atoms with Crippen molar-refractivity contribution in [3.8, 4) is 33.4 Å². The summed E-state index contributed by atoms with van der Waals surface area (Å²) in [7, 11) is 0. The van der Waals surface area contributed by atoms with Gasteiger partial charge in [0.2, 0.25) is 0 Å². The molecule has 0 atom stereocenters. The molecule has 3 heteroatoms. The molecular formula is C52H33NO2. The van der Waals surface area contributed by atoms with Crippen LogP contribution in [0.15, 0.2) is 208 Å². The van der Waals surface area contributed by atoms with Gasteiger partial charge in [0.05, 0.1) is 35.6 Å². The minimum Gasteiger partial charge on any atom is -0.456 e. The molecule has 2 heterocycles. The third-order valence-corrected chi connectivity index (χ3v) is 8.88. The molecule has 258 valence electrons. The highest BCUT2D eigenvalue weighted by atomic mass is 16.3. The number of benzene rings is 9. The first-order valence-corrected chi connectivity index (χ1v) is 16.6. The molecule has 0 spiro atoms. The second-order valence-corrected chi connectivity index (χ2v) is 12.0. The minimum absolute atomic E-state index is 0.160. The quantitative estimate of drug-likeness (QED) is 0.171. The molecule has 0 saturated carbocycles. The van der Waals surface area contributed by atoms with Crippen molar-refractivity contribution in [2.75, 3.05) is 4.90 Å². The Bertz CT molecular complexity index is 4490. The SMILES string of the molecule is [2H]c1c([2H])c([2H])c(-c2c([2H])c([2H])c(N(c3c([2H])c([2H])c(-c4c([2H])c([2H])c([2H])c([2H])c4[2H])c([2H])c3[2H])c3c([2H])c([2H])c4c(c3[2H])c([2H])c([2H])c3oc5c([2H])c([2H])c(-c6cccc7c6oc6ccccc67)c([2H])c5c34)c([2H])c2[2H])c([2H])c1[2H]. The van der Waals surface area contributed by atoms with Gasteiger partial charge in [-0.15, -0.1) is 0 Å². The Balaban J connectivity index is 1.29. The molecule has 0 amide bonds. The molecule has 3 nitrogen and oxygen atoms in total. The van der Waals surface area contributed by atoms with Crippen LogP contribution in [-0.4, -0.2) is 0 Å². The zero-order chi connectivity index (χ0) is 58.9. The van der Waals surface area contributed by atoms with E-state index in [1.54, 1.807) is 42.5 Å². The maximum atomic E-state index is 9.97. The molecule has 0 aliphatic rings. The van der Waals surface area contributed by atoms with Crippen LogP contribution in [0, 0.1) is 0 Å². The van der Waals surface area contributed by atoms with Gasteiger partial charge >= 0.3 is 0 Å². The van der Waals surface area contributed by atoms with E-state index in [0.29, 0.717) is 21.3 Å². The number of hydrogen-bond donors (Lipinski definition) is 0. The van der Waals surface area contributed by atoms with Gasteiger partial charge in [-0.2, -0.15) is 0 Å². The topological polar surface area (TPSA) is 29.5 Å².